The van der Waals surface area contributed by atoms with E-state index in [2.05, 4.69) is 43.4 Å². The van der Waals surface area contributed by atoms with E-state index in [1.165, 1.54) is 10.5 Å². The summed E-state index contributed by atoms with van der Waals surface area (Å²) in [5, 5.41) is 14.0. The van der Waals surface area contributed by atoms with E-state index in [4.69, 9.17) is 5.11 Å². The number of nitrogens with zero attached hydrogens (tertiary/aromatic N) is 1. The van der Waals surface area contributed by atoms with Crippen LogP contribution in [0.3, 0.4) is 0 Å². The van der Waals surface area contributed by atoms with Gasteiger partial charge in [-0.15, -0.1) is 11.3 Å². The average molecular weight is 332 g/mol. The maximum atomic E-state index is 12.3. The number of carbonyl (C=O) groups excluding carboxylic acids is 1. The first kappa shape index (κ1) is 17.5. The number of rotatable bonds is 6. The Labute approximate surface area is 141 Å². The van der Waals surface area contributed by atoms with Crippen LogP contribution in [0.25, 0.3) is 0 Å². The zero-order valence-corrected chi connectivity index (χ0v) is 14.6. The van der Waals surface area contributed by atoms with Gasteiger partial charge in [-0.05, 0) is 28.5 Å². The van der Waals surface area contributed by atoms with E-state index in [-0.39, 0.29) is 18.7 Å². The van der Waals surface area contributed by atoms with E-state index in [1.54, 1.807) is 18.4 Å². The van der Waals surface area contributed by atoms with Gasteiger partial charge < -0.3 is 15.3 Å². The number of nitrogens with one attached hydrogen (secondary N) is 1. The van der Waals surface area contributed by atoms with Crippen molar-refractivity contribution < 1.29 is 9.90 Å². The quantitative estimate of drug-likeness (QED) is 0.849. The first-order valence-electron chi connectivity index (χ1n) is 7.78. The monoisotopic (exact) mass is 332 g/mol. The van der Waals surface area contributed by atoms with Gasteiger partial charge in [0.15, 0.2) is 0 Å². The van der Waals surface area contributed by atoms with Gasteiger partial charge in [-0.25, -0.2) is 4.79 Å². The lowest BCUT2D eigenvalue weighted by molar-refractivity contribution is 0.188. The number of aliphatic hydroxyl groups excluding tert-OH is 1. The van der Waals surface area contributed by atoms with Crippen molar-refractivity contribution in [2.45, 2.75) is 25.8 Å². The molecular formula is C18H24N2O2S. The van der Waals surface area contributed by atoms with Crippen LogP contribution in [0.5, 0.6) is 0 Å². The molecule has 1 heterocycles. The summed E-state index contributed by atoms with van der Waals surface area (Å²) >= 11 is 1.62. The van der Waals surface area contributed by atoms with Crippen molar-refractivity contribution in [3.05, 3.63) is 57.8 Å². The summed E-state index contributed by atoms with van der Waals surface area (Å²) in [5.41, 5.74) is 2.34. The van der Waals surface area contributed by atoms with Crippen molar-refractivity contribution in [1.82, 2.24) is 10.2 Å². The van der Waals surface area contributed by atoms with Crippen LogP contribution < -0.4 is 5.32 Å². The first-order valence-corrected chi connectivity index (χ1v) is 8.66. The van der Waals surface area contributed by atoms with Gasteiger partial charge in [-0.3, -0.25) is 0 Å². The first-order chi connectivity index (χ1) is 11.0. The van der Waals surface area contributed by atoms with E-state index in [1.807, 2.05) is 17.5 Å². The molecule has 1 aromatic carbocycles. The van der Waals surface area contributed by atoms with Crippen LogP contribution >= 0.6 is 11.3 Å². The van der Waals surface area contributed by atoms with Gasteiger partial charge in [0.1, 0.15) is 0 Å². The molecule has 2 rings (SSSR count). The van der Waals surface area contributed by atoms with Crippen molar-refractivity contribution in [3.8, 4) is 0 Å². The molecule has 0 aliphatic rings. The van der Waals surface area contributed by atoms with Crippen LogP contribution in [0.4, 0.5) is 4.79 Å². The minimum atomic E-state index is -0.189. The summed E-state index contributed by atoms with van der Waals surface area (Å²) in [4.78, 5) is 14.9. The zero-order valence-electron chi connectivity index (χ0n) is 13.8. The highest BCUT2D eigenvalue weighted by Gasteiger charge is 2.19. The minimum Gasteiger partial charge on any atom is -0.395 e. The molecule has 1 aromatic heterocycles. The molecule has 0 aliphatic carbocycles. The molecule has 23 heavy (non-hydrogen) atoms. The fraction of sp³-hybridized carbons (Fsp3) is 0.389. The lowest BCUT2D eigenvalue weighted by atomic mass is 9.98. The predicted molar refractivity (Wildman–Crippen MR) is 94.9 cm³/mol. The molecule has 0 aliphatic heterocycles. The molecule has 2 N–H and O–H groups in total. The molecule has 0 bridgehead atoms. The third-order valence-electron chi connectivity index (χ3n) is 3.81. The molecule has 0 fully saturated rings. The second-order valence-corrected chi connectivity index (χ2v) is 6.84. The number of benzene rings is 1. The van der Waals surface area contributed by atoms with E-state index < -0.39 is 0 Å². The molecule has 0 spiro atoms. The van der Waals surface area contributed by atoms with E-state index in [9.17, 15) is 4.79 Å². The standard InChI is InChI=1S/C18H24N2O2S/c1-13(2)14-6-8-15(9-7-14)17(16-5-4-12-23-16)19-18(22)20(3)10-11-21/h4-9,12-13,17,21H,10-11H2,1-3H3,(H,19,22). The molecule has 0 saturated heterocycles. The van der Waals surface area contributed by atoms with Gasteiger partial charge in [-0.2, -0.15) is 0 Å². The molecule has 4 nitrogen and oxygen atoms in total. The minimum absolute atomic E-state index is 0.0450. The summed E-state index contributed by atoms with van der Waals surface area (Å²) < 4.78 is 0. The topological polar surface area (TPSA) is 52.6 Å². The highest BCUT2D eigenvalue weighted by atomic mass is 32.1. The van der Waals surface area contributed by atoms with Gasteiger partial charge in [0.25, 0.3) is 0 Å². The summed E-state index contributed by atoms with van der Waals surface area (Å²) in [5.74, 6) is 0.481. The normalized spacial score (nSPS) is 12.2. The van der Waals surface area contributed by atoms with Crippen LogP contribution in [0, 0.1) is 0 Å². The number of aliphatic hydroxyl groups is 1. The maximum Gasteiger partial charge on any atom is 0.317 e. The second kappa shape index (κ2) is 8.13. The molecule has 1 unspecified atom stereocenters. The SMILES string of the molecule is CC(C)c1ccc(C(NC(=O)N(C)CCO)c2cccs2)cc1. The van der Waals surface area contributed by atoms with Crippen LogP contribution in [0.15, 0.2) is 41.8 Å². The Morgan fingerprint density at radius 3 is 2.39 bits per heavy atom. The molecule has 0 saturated carbocycles. The largest absolute Gasteiger partial charge is 0.395 e. The fourth-order valence-electron chi connectivity index (χ4n) is 2.33. The molecule has 2 amide bonds. The Morgan fingerprint density at radius 2 is 1.87 bits per heavy atom. The summed E-state index contributed by atoms with van der Waals surface area (Å²) in [6.07, 6.45) is 0. The Balaban J connectivity index is 2.23. The smallest absolute Gasteiger partial charge is 0.317 e. The number of likely N-dealkylation sites (N-methyl/N-ethyl adjacent to an activating group) is 1. The van der Waals surface area contributed by atoms with Crippen LogP contribution in [0.1, 0.15) is 41.8 Å². The summed E-state index contributed by atoms with van der Waals surface area (Å²) in [7, 11) is 1.68. The van der Waals surface area contributed by atoms with Gasteiger partial charge in [0, 0.05) is 18.5 Å². The van der Waals surface area contributed by atoms with Crippen LogP contribution in [-0.4, -0.2) is 36.2 Å². The third kappa shape index (κ3) is 4.56. The number of amides is 2. The molecule has 1 atom stereocenters. The van der Waals surface area contributed by atoms with E-state index >= 15 is 0 Å². The van der Waals surface area contributed by atoms with Crippen LogP contribution in [0.2, 0.25) is 0 Å². The number of urea groups is 1. The molecule has 2 aromatic rings. The Morgan fingerprint density at radius 1 is 1.22 bits per heavy atom. The van der Waals surface area contributed by atoms with E-state index in [0.717, 1.165) is 10.4 Å². The number of hydrogen-bond acceptors (Lipinski definition) is 3. The highest BCUT2D eigenvalue weighted by molar-refractivity contribution is 7.10. The van der Waals surface area contributed by atoms with Gasteiger partial charge in [0.2, 0.25) is 0 Å². The Hall–Kier alpha value is -1.85. The third-order valence-corrected chi connectivity index (χ3v) is 4.75. The number of carbonyl (C=O) groups is 1. The fourth-order valence-corrected chi connectivity index (χ4v) is 3.14. The van der Waals surface area contributed by atoms with E-state index in [0.29, 0.717) is 12.5 Å². The van der Waals surface area contributed by atoms with Crippen molar-refractivity contribution in [1.29, 1.82) is 0 Å². The summed E-state index contributed by atoms with van der Waals surface area (Å²) in [6, 6.07) is 12.0. The van der Waals surface area contributed by atoms with Crippen molar-refractivity contribution in [3.63, 3.8) is 0 Å². The molecule has 0 radical (unpaired) electrons. The number of hydrogen-bond donors (Lipinski definition) is 2. The molecular weight excluding hydrogens is 308 g/mol. The lowest BCUT2D eigenvalue weighted by Gasteiger charge is -2.23. The lowest BCUT2D eigenvalue weighted by Crippen LogP contribution is -2.40. The van der Waals surface area contributed by atoms with Crippen molar-refractivity contribution >= 4 is 17.4 Å². The zero-order chi connectivity index (χ0) is 16.8. The molecule has 5 heteroatoms. The maximum absolute atomic E-state index is 12.3. The van der Waals surface area contributed by atoms with Crippen molar-refractivity contribution in [2.24, 2.45) is 0 Å². The second-order valence-electron chi connectivity index (χ2n) is 5.86. The average Bonchev–Trinajstić information content (AvgIpc) is 3.06. The summed E-state index contributed by atoms with van der Waals surface area (Å²) in [6.45, 7) is 4.60. The highest BCUT2D eigenvalue weighted by Crippen LogP contribution is 2.27. The molecule has 124 valence electrons. The van der Waals surface area contributed by atoms with Gasteiger partial charge >= 0.3 is 6.03 Å². The number of thiophene rings is 1. The van der Waals surface area contributed by atoms with Crippen molar-refractivity contribution in [2.75, 3.05) is 20.2 Å². The van der Waals surface area contributed by atoms with Crippen LogP contribution in [-0.2, 0) is 0 Å². The van der Waals surface area contributed by atoms with Gasteiger partial charge in [0.05, 0.1) is 12.6 Å². The Bertz CT molecular complexity index is 608. The Kier molecular flexibility index (Phi) is 6.19. The van der Waals surface area contributed by atoms with Gasteiger partial charge in [-0.1, -0.05) is 44.2 Å². The predicted octanol–water partition coefficient (Wildman–Crippen LogP) is 3.59.